The second kappa shape index (κ2) is 7.66. The van der Waals surface area contributed by atoms with Gasteiger partial charge >= 0.3 is 5.97 Å². The van der Waals surface area contributed by atoms with E-state index in [1.807, 2.05) is 24.3 Å². The van der Waals surface area contributed by atoms with E-state index in [2.05, 4.69) is 11.9 Å². The molecule has 0 spiro atoms. The van der Waals surface area contributed by atoms with Crippen LogP contribution in [0.3, 0.4) is 0 Å². The Hall–Kier alpha value is -3.08. The molecule has 3 rings (SSSR count). The van der Waals surface area contributed by atoms with Gasteiger partial charge in [-0.05, 0) is 55.0 Å². The molecular weight excluding hydrogens is 318 g/mol. The summed E-state index contributed by atoms with van der Waals surface area (Å²) in [4.78, 5) is 15.4. The van der Waals surface area contributed by atoms with Crippen LogP contribution in [-0.4, -0.2) is 11.0 Å². The Morgan fingerprint density at radius 3 is 2.20 bits per heavy atom. The summed E-state index contributed by atoms with van der Waals surface area (Å²) >= 11 is 0. The van der Waals surface area contributed by atoms with Gasteiger partial charge in [0.2, 0.25) is 0 Å². The minimum absolute atomic E-state index is 0.348. The Bertz CT molecular complexity index is 835. The SMILES string of the molecule is CCCc1nc(-c2ccc(Oc3ccc(OC(C)=O)cc3)cc2)co1. The largest absolute Gasteiger partial charge is 0.457 e. The van der Waals surface area contributed by atoms with Crippen molar-refractivity contribution in [2.75, 3.05) is 0 Å². The second-order valence-corrected chi connectivity index (χ2v) is 5.57. The van der Waals surface area contributed by atoms with E-state index < -0.39 is 0 Å². The Balaban J connectivity index is 1.66. The highest BCUT2D eigenvalue weighted by atomic mass is 16.5. The molecule has 0 amide bonds. The zero-order valence-electron chi connectivity index (χ0n) is 14.2. The fraction of sp³-hybridized carbons (Fsp3) is 0.200. The van der Waals surface area contributed by atoms with Crippen molar-refractivity contribution in [3.63, 3.8) is 0 Å². The first-order valence-electron chi connectivity index (χ1n) is 8.15. The van der Waals surface area contributed by atoms with Crippen LogP contribution in [0, 0.1) is 0 Å². The highest BCUT2D eigenvalue weighted by Gasteiger charge is 2.06. The van der Waals surface area contributed by atoms with Gasteiger partial charge in [0.05, 0.1) is 0 Å². The molecule has 0 saturated heterocycles. The van der Waals surface area contributed by atoms with E-state index in [9.17, 15) is 4.79 Å². The second-order valence-electron chi connectivity index (χ2n) is 5.57. The number of ether oxygens (including phenoxy) is 2. The molecule has 0 N–H and O–H groups in total. The third-order valence-electron chi connectivity index (χ3n) is 3.49. The molecule has 0 aliphatic heterocycles. The minimum atomic E-state index is -0.348. The number of aryl methyl sites for hydroxylation is 1. The van der Waals surface area contributed by atoms with Crippen LogP contribution >= 0.6 is 0 Å². The molecule has 2 aromatic carbocycles. The molecule has 0 aliphatic carbocycles. The predicted molar refractivity (Wildman–Crippen MR) is 93.8 cm³/mol. The third kappa shape index (κ3) is 4.47. The van der Waals surface area contributed by atoms with Crippen LogP contribution in [0.5, 0.6) is 17.2 Å². The van der Waals surface area contributed by atoms with Gasteiger partial charge in [-0.15, -0.1) is 0 Å². The fourth-order valence-electron chi connectivity index (χ4n) is 2.34. The van der Waals surface area contributed by atoms with E-state index in [1.165, 1.54) is 6.92 Å². The topological polar surface area (TPSA) is 61.6 Å². The van der Waals surface area contributed by atoms with Crippen molar-refractivity contribution in [1.29, 1.82) is 0 Å². The first-order chi connectivity index (χ1) is 12.1. The maximum absolute atomic E-state index is 10.9. The van der Waals surface area contributed by atoms with Crippen LogP contribution in [0.2, 0.25) is 0 Å². The van der Waals surface area contributed by atoms with Crippen molar-refractivity contribution < 1.29 is 18.7 Å². The smallest absolute Gasteiger partial charge is 0.308 e. The molecule has 1 heterocycles. The number of hydrogen-bond acceptors (Lipinski definition) is 5. The summed E-state index contributed by atoms with van der Waals surface area (Å²) in [7, 11) is 0. The van der Waals surface area contributed by atoms with Gasteiger partial charge in [-0.1, -0.05) is 6.92 Å². The van der Waals surface area contributed by atoms with Gasteiger partial charge in [-0.2, -0.15) is 0 Å². The average Bonchev–Trinajstić information content (AvgIpc) is 3.06. The summed E-state index contributed by atoms with van der Waals surface area (Å²) in [5, 5.41) is 0. The van der Waals surface area contributed by atoms with Gasteiger partial charge in [0.25, 0.3) is 0 Å². The number of rotatable bonds is 6. The zero-order valence-corrected chi connectivity index (χ0v) is 14.2. The Morgan fingerprint density at radius 1 is 1.00 bits per heavy atom. The van der Waals surface area contributed by atoms with E-state index in [0.29, 0.717) is 17.2 Å². The number of carbonyl (C=O) groups is 1. The maximum Gasteiger partial charge on any atom is 0.308 e. The van der Waals surface area contributed by atoms with E-state index in [1.54, 1.807) is 30.5 Å². The number of esters is 1. The third-order valence-corrected chi connectivity index (χ3v) is 3.49. The molecule has 128 valence electrons. The van der Waals surface area contributed by atoms with Crippen molar-refractivity contribution in [3.05, 3.63) is 60.7 Å². The van der Waals surface area contributed by atoms with E-state index in [-0.39, 0.29) is 5.97 Å². The molecule has 25 heavy (non-hydrogen) atoms. The average molecular weight is 337 g/mol. The molecule has 0 radical (unpaired) electrons. The summed E-state index contributed by atoms with van der Waals surface area (Å²) in [5.41, 5.74) is 1.80. The lowest BCUT2D eigenvalue weighted by atomic mass is 10.1. The Kier molecular flexibility index (Phi) is 5.14. The minimum Gasteiger partial charge on any atom is -0.457 e. The molecule has 0 fully saturated rings. The van der Waals surface area contributed by atoms with Gasteiger partial charge in [0.1, 0.15) is 29.2 Å². The van der Waals surface area contributed by atoms with Gasteiger partial charge in [-0.25, -0.2) is 4.98 Å². The molecule has 0 saturated carbocycles. The highest BCUT2D eigenvalue weighted by Crippen LogP contribution is 2.27. The lowest BCUT2D eigenvalue weighted by molar-refractivity contribution is -0.131. The molecule has 0 aliphatic rings. The number of hydrogen-bond donors (Lipinski definition) is 0. The van der Waals surface area contributed by atoms with E-state index >= 15 is 0 Å². The fourth-order valence-corrected chi connectivity index (χ4v) is 2.34. The van der Waals surface area contributed by atoms with Crippen LogP contribution in [0.25, 0.3) is 11.3 Å². The maximum atomic E-state index is 10.9. The van der Waals surface area contributed by atoms with Crippen LogP contribution in [-0.2, 0) is 11.2 Å². The number of carbonyl (C=O) groups excluding carboxylic acids is 1. The van der Waals surface area contributed by atoms with Gasteiger partial charge < -0.3 is 13.9 Å². The molecule has 0 bridgehead atoms. The molecule has 0 atom stereocenters. The van der Waals surface area contributed by atoms with Gasteiger partial charge in [0.15, 0.2) is 5.89 Å². The lowest BCUT2D eigenvalue weighted by Crippen LogP contribution is -2.00. The number of nitrogens with zero attached hydrogens (tertiary/aromatic N) is 1. The predicted octanol–water partition coefficient (Wildman–Crippen LogP) is 5.01. The van der Waals surface area contributed by atoms with Crippen molar-refractivity contribution >= 4 is 5.97 Å². The Morgan fingerprint density at radius 2 is 1.60 bits per heavy atom. The van der Waals surface area contributed by atoms with Crippen molar-refractivity contribution in [2.24, 2.45) is 0 Å². The first kappa shape index (κ1) is 16.8. The zero-order chi connectivity index (χ0) is 17.6. The molecule has 5 nitrogen and oxygen atoms in total. The summed E-state index contributed by atoms with van der Waals surface area (Å²) in [6.07, 6.45) is 3.52. The number of oxazole rings is 1. The van der Waals surface area contributed by atoms with Crippen molar-refractivity contribution in [2.45, 2.75) is 26.7 Å². The Labute approximate surface area is 146 Å². The van der Waals surface area contributed by atoms with Crippen LogP contribution in [0.15, 0.2) is 59.2 Å². The number of aromatic nitrogens is 1. The molecule has 0 unspecified atom stereocenters. The standard InChI is InChI=1S/C20H19NO4/c1-3-4-20-21-19(13-23-20)15-5-7-17(8-6-15)25-18-11-9-16(10-12-18)24-14(2)22/h5-13H,3-4H2,1-2H3. The van der Waals surface area contributed by atoms with Crippen LogP contribution in [0.1, 0.15) is 26.2 Å². The lowest BCUT2D eigenvalue weighted by Gasteiger charge is -2.07. The highest BCUT2D eigenvalue weighted by molar-refractivity contribution is 5.69. The quantitative estimate of drug-likeness (QED) is 0.467. The summed E-state index contributed by atoms with van der Waals surface area (Å²) in [5.74, 6) is 2.27. The van der Waals surface area contributed by atoms with Crippen molar-refractivity contribution in [1.82, 2.24) is 4.98 Å². The molecule has 3 aromatic rings. The normalized spacial score (nSPS) is 10.5. The summed E-state index contributed by atoms with van der Waals surface area (Å²) in [6, 6.07) is 14.5. The molecule has 5 heteroatoms. The first-order valence-corrected chi connectivity index (χ1v) is 8.15. The van der Waals surface area contributed by atoms with Crippen LogP contribution in [0.4, 0.5) is 0 Å². The van der Waals surface area contributed by atoms with E-state index in [0.717, 1.165) is 30.0 Å². The van der Waals surface area contributed by atoms with E-state index in [4.69, 9.17) is 13.9 Å². The monoisotopic (exact) mass is 337 g/mol. The molecule has 1 aromatic heterocycles. The molecular formula is C20H19NO4. The van der Waals surface area contributed by atoms with Crippen LogP contribution < -0.4 is 9.47 Å². The van der Waals surface area contributed by atoms with Gasteiger partial charge in [0, 0.05) is 18.9 Å². The summed E-state index contributed by atoms with van der Waals surface area (Å²) in [6.45, 7) is 3.46. The number of benzene rings is 2. The van der Waals surface area contributed by atoms with Gasteiger partial charge in [-0.3, -0.25) is 4.79 Å². The summed E-state index contributed by atoms with van der Waals surface area (Å²) < 4.78 is 16.2. The van der Waals surface area contributed by atoms with Crippen molar-refractivity contribution in [3.8, 4) is 28.5 Å².